The van der Waals surface area contributed by atoms with Gasteiger partial charge in [-0.3, -0.25) is 4.68 Å². The van der Waals surface area contributed by atoms with Crippen LogP contribution in [0.25, 0.3) is 0 Å². The van der Waals surface area contributed by atoms with Crippen LogP contribution in [0.2, 0.25) is 0 Å². The third-order valence-electron chi connectivity index (χ3n) is 5.52. The second-order valence-corrected chi connectivity index (χ2v) is 6.67. The molecule has 0 N–H and O–H groups in total. The molecule has 1 heterocycles. The molecule has 4 aliphatic rings. The highest BCUT2D eigenvalue weighted by Gasteiger charge is 2.49. The zero-order valence-corrected chi connectivity index (χ0v) is 10.8. The van der Waals surface area contributed by atoms with Crippen molar-refractivity contribution < 1.29 is 0 Å². The van der Waals surface area contributed by atoms with Crippen LogP contribution in [0.5, 0.6) is 0 Å². The molecule has 4 saturated carbocycles. The van der Waals surface area contributed by atoms with Gasteiger partial charge < -0.3 is 0 Å². The summed E-state index contributed by atoms with van der Waals surface area (Å²) < 4.78 is 1.82. The first-order valence-electron chi connectivity index (χ1n) is 7.18. The third-order valence-corrected chi connectivity index (χ3v) is 5.52. The van der Waals surface area contributed by atoms with Crippen LogP contribution < -0.4 is 0 Å². The van der Waals surface area contributed by atoms with E-state index in [1.807, 2.05) is 17.9 Å². The Labute approximate surface area is 108 Å². The van der Waals surface area contributed by atoms with Gasteiger partial charge in [0, 0.05) is 19.2 Å². The lowest BCUT2D eigenvalue weighted by atomic mass is 9.51. The summed E-state index contributed by atoms with van der Waals surface area (Å²) in [6.07, 6.45) is 8.92. The van der Waals surface area contributed by atoms with Gasteiger partial charge in [-0.2, -0.15) is 10.4 Å². The molecule has 4 fully saturated rings. The van der Waals surface area contributed by atoms with Crippen molar-refractivity contribution in [2.75, 3.05) is 0 Å². The Morgan fingerprint density at radius 3 is 2.33 bits per heavy atom. The predicted molar refractivity (Wildman–Crippen MR) is 67.7 cm³/mol. The van der Waals surface area contributed by atoms with Crippen molar-refractivity contribution >= 4 is 0 Å². The highest BCUT2D eigenvalue weighted by atomic mass is 15.3. The fourth-order valence-electron chi connectivity index (χ4n) is 5.21. The lowest BCUT2D eigenvalue weighted by molar-refractivity contribution is -0.00438. The maximum absolute atomic E-state index is 9.28. The smallest absolute Gasteiger partial charge is 0.103 e. The average Bonchev–Trinajstić information content (AvgIpc) is 2.69. The van der Waals surface area contributed by atoms with Crippen molar-refractivity contribution in [1.29, 1.82) is 5.26 Å². The molecule has 0 amide bonds. The lowest BCUT2D eigenvalue weighted by Gasteiger charge is -2.54. The number of aromatic nitrogens is 2. The van der Waals surface area contributed by atoms with Crippen molar-refractivity contribution in [2.45, 2.75) is 38.0 Å². The van der Waals surface area contributed by atoms with Crippen molar-refractivity contribution in [1.82, 2.24) is 9.78 Å². The molecule has 5 rings (SSSR count). The van der Waals surface area contributed by atoms with Gasteiger partial charge in [-0.25, -0.2) is 0 Å². The maximum atomic E-state index is 9.28. The topological polar surface area (TPSA) is 41.6 Å². The van der Waals surface area contributed by atoms with Crippen LogP contribution in [-0.2, 0) is 7.05 Å². The Bertz CT molecular complexity index is 494. The summed E-state index contributed by atoms with van der Waals surface area (Å²) in [5, 5.41) is 13.9. The van der Waals surface area contributed by atoms with Crippen molar-refractivity contribution in [3.8, 4) is 6.07 Å². The van der Waals surface area contributed by atoms with E-state index in [2.05, 4.69) is 11.2 Å². The number of nitriles is 1. The first-order valence-corrected chi connectivity index (χ1v) is 7.18. The molecule has 94 valence electrons. The summed E-state index contributed by atoms with van der Waals surface area (Å²) in [5.41, 5.74) is 1.92. The molecule has 0 atom stereocenters. The van der Waals surface area contributed by atoms with Crippen LogP contribution in [0.3, 0.4) is 0 Å². The molecule has 4 aliphatic carbocycles. The van der Waals surface area contributed by atoms with Crippen molar-refractivity contribution in [2.24, 2.45) is 30.7 Å². The molecule has 0 aromatic carbocycles. The number of rotatable bonds is 1. The molecule has 0 unspecified atom stereocenters. The van der Waals surface area contributed by atoms with E-state index < -0.39 is 0 Å². The Balaban J connectivity index is 1.74. The van der Waals surface area contributed by atoms with E-state index in [0.717, 1.165) is 34.9 Å². The summed E-state index contributed by atoms with van der Waals surface area (Å²) in [7, 11) is 1.93. The molecular formula is C15H19N3. The van der Waals surface area contributed by atoms with Crippen LogP contribution in [0, 0.1) is 35.0 Å². The number of aryl methyl sites for hydroxylation is 1. The van der Waals surface area contributed by atoms with E-state index in [4.69, 9.17) is 0 Å². The van der Waals surface area contributed by atoms with Crippen LogP contribution in [-0.4, -0.2) is 9.78 Å². The van der Waals surface area contributed by atoms with Crippen LogP contribution in [0.1, 0.15) is 49.3 Å². The van der Waals surface area contributed by atoms with Gasteiger partial charge in [-0.1, -0.05) is 0 Å². The maximum Gasteiger partial charge on any atom is 0.103 e. The molecule has 1 aromatic rings. The van der Waals surface area contributed by atoms with Crippen molar-refractivity contribution in [3.63, 3.8) is 0 Å². The standard InChI is InChI=1S/C15H19N3/c1-18-8-13(7-16)15(17-18)14-11-3-9-2-10(5-11)6-12(14)4-9/h8-12,14H,2-6H2,1H3. The molecule has 1 aromatic heterocycles. The Morgan fingerprint density at radius 1 is 1.17 bits per heavy atom. The van der Waals surface area contributed by atoms with E-state index in [-0.39, 0.29) is 0 Å². The molecule has 0 radical (unpaired) electrons. The summed E-state index contributed by atoms with van der Waals surface area (Å²) in [5.74, 6) is 4.16. The SMILES string of the molecule is Cn1cc(C#N)c(C2C3CC4CC(C3)CC2C4)n1. The van der Waals surface area contributed by atoms with Gasteiger partial charge in [0.25, 0.3) is 0 Å². The first-order chi connectivity index (χ1) is 8.74. The van der Waals surface area contributed by atoms with E-state index >= 15 is 0 Å². The van der Waals surface area contributed by atoms with Gasteiger partial charge in [0.2, 0.25) is 0 Å². The largest absolute Gasteiger partial charge is 0.274 e. The summed E-state index contributed by atoms with van der Waals surface area (Å²) in [6.45, 7) is 0. The number of nitrogens with zero attached hydrogens (tertiary/aromatic N) is 3. The Morgan fingerprint density at radius 2 is 1.78 bits per heavy atom. The van der Waals surface area contributed by atoms with Gasteiger partial charge >= 0.3 is 0 Å². The normalized spacial score (nSPS) is 41.0. The van der Waals surface area contributed by atoms with E-state index in [9.17, 15) is 5.26 Å². The monoisotopic (exact) mass is 241 g/mol. The van der Waals surface area contributed by atoms with Gasteiger partial charge in [-0.05, 0) is 55.8 Å². The van der Waals surface area contributed by atoms with Crippen molar-refractivity contribution in [3.05, 3.63) is 17.5 Å². The number of hydrogen-bond acceptors (Lipinski definition) is 2. The van der Waals surface area contributed by atoms with Crippen LogP contribution in [0.15, 0.2) is 6.20 Å². The molecule has 18 heavy (non-hydrogen) atoms. The van der Waals surface area contributed by atoms with Gasteiger partial charge in [0.05, 0.1) is 11.3 Å². The first kappa shape index (κ1) is 10.6. The minimum Gasteiger partial charge on any atom is -0.274 e. The minimum absolute atomic E-state index is 0.577. The molecule has 3 nitrogen and oxygen atoms in total. The number of hydrogen-bond donors (Lipinski definition) is 0. The second-order valence-electron chi connectivity index (χ2n) is 6.67. The van der Waals surface area contributed by atoms with E-state index in [1.165, 1.54) is 32.1 Å². The fourth-order valence-corrected chi connectivity index (χ4v) is 5.21. The highest BCUT2D eigenvalue weighted by molar-refractivity contribution is 5.35. The summed E-state index contributed by atoms with van der Waals surface area (Å²) in [6, 6.07) is 2.34. The lowest BCUT2D eigenvalue weighted by Crippen LogP contribution is -2.44. The molecule has 0 aliphatic heterocycles. The summed E-state index contributed by atoms with van der Waals surface area (Å²) >= 11 is 0. The molecule has 4 bridgehead atoms. The Hall–Kier alpha value is -1.30. The molecule has 3 heteroatoms. The summed E-state index contributed by atoms with van der Waals surface area (Å²) in [4.78, 5) is 0. The van der Waals surface area contributed by atoms with Gasteiger partial charge in [0.15, 0.2) is 0 Å². The quantitative estimate of drug-likeness (QED) is 0.758. The van der Waals surface area contributed by atoms with E-state index in [1.54, 1.807) is 0 Å². The average molecular weight is 241 g/mol. The highest BCUT2D eigenvalue weighted by Crippen LogP contribution is 2.59. The third kappa shape index (κ3) is 1.38. The Kier molecular flexibility index (Phi) is 2.12. The fraction of sp³-hybridized carbons (Fsp3) is 0.733. The molecule has 0 saturated heterocycles. The zero-order valence-electron chi connectivity index (χ0n) is 10.8. The van der Waals surface area contributed by atoms with Gasteiger partial charge in [-0.15, -0.1) is 0 Å². The van der Waals surface area contributed by atoms with E-state index in [0.29, 0.717) is 5.92 Å². The minimum atomic E-state index is 0.577. The predicted octanol–water partition coefficient (Wildman–Crippen LogP) is 2.83. The zero-order chi connectivity index (χ0) is 12.3. The molecule has 0 spiro atoms. The van der Waals surface area contributed by atoms with Crippen LogP contribution in [0.4, 0.5) is 0 Å². The van der Waals surface area contributed by atoms with Gasteiger partial charge in [0.1, 0.15) is 6.07 Å². The van der Waals surface area contributed by atoms with Crippen LogP contribution >= 0.6 is 0 Å². The second kappa shape index (κ2) is 3.60. The molecular weight excluding hydrogens is 222 g/mol.